The average Bonchev–Trinajstić information content (AvgIpc) is 3.18. The van der Waals surface area contributed by atoms with E-state index in [-0.39, 0.29) is 17.8 Å². The van der Waals surface area contributed by atoms with Crippen LogP contribution < -0.4 is 10.9 Å². The van der Waals surface area contributed by atoms with Crippen LogP contribution in [0.3, 0.4) is 0 Å². The van der Waals surface area contributed by atoms with Crippen molar-refractivity contribution in [2.45, 2.75) is 25.8 Å². The largest absolute Gasteiger partial charge is 0.325 e. The van der Waals surface area contributed by atoms with E-state index in [9.17, 15) is 19.7 Å². The number of aromatic nitrogens is 2. The van der Waals surface area contributed by atoms with Gasteiger partial charge in [-0.3, -0.25) is 24.3 Å². The van der Waals surface area contributed by atoms with Gasteiger partial charge in [-0.05, 0) is 37.0 Å². The Morgan fingerprint density at radius 3 is 2.81 bits per heavy atom. The smallest absolute Gasteiger partial charge is 0.269 e. The summed E-state index contributed by atoms with van der Waals surface area (Å²) in [5, 5.41) is 13.9. The van der Waals surface area contributed by atoms with Crippen molar-refractivity contribution < 1.29 is 9.72 Å². The van der Waals surface area contributed by atoms with Crippen LogP contribution in [0.15, 0.2) is 35.4 Å². The first-order chi connectivity index (χ1) is 12.5. The number of rotatable bonds is 4. The molecule has 1 N–H and O–H groups in total. The number of carbonyl (C=O) groups is 1. The van der Waals surface area contributed by atoms with Gasteiger partial charge < -0.3 is 5.32 Å². The molecule has 0 spiro atoms. The highest BCUT2D eigenvalue weighted by atomic mass is 32.1. The Labute approximate surface area is 151 Å². The van der Waals surface area contributed by atoms with Crippen LogP contribution in [0.2, 0.25) is 0 Å². The highest BCUT2D eigenvalue weighted by Gasteiger charge is 2.21. The highest BCUT2D eigenvalue weighted by molar-refractivity contribution is 7.18. The molecule has 0 bridgehead atoms. The highest BCUT2D eigenvalue weighted by Crippen LogP contribution is 2.34. The van der Waals surface area contributed by atoms with E-state index in [1.54, 1.807) is 11.3 Å². The fraction of sp³-hybridized carbons (Fsp3) is 0.235. The number of hydrogen-bond acceptors (Lipinski definition) is 6. The van der Waals surface area contributed by atoms with E-state index in [1.807, 2.05) is 0 Å². The van der Waals surface area contributed by atoms with Crippen LogP contribution in [0.4, 0.5) is 11.4 Å². The third-order valence-electron chi connectivity index (χ3n) is 4.37. The number of non-ortho nitro benzene ring substituents is 1. The molecule has 1 aromatic carbocycles. The van der Waals surface area contributed by atoms with E-state index in [1.165, 1.54) is 40.0 Å². The van der Waals surface area contributed by atoms with E-state index < -0.39 is 10.8 Å². The Kier molecular flexibility index (Phi) is 4.00. The Balaban J connectivity index is 1.55. The molecule has 9 heteroatoms. The van der Waals surface area contributed by atoms with Crippen molar-refractivity contribution in [3.63, 3.8) is 0 Å². The quantitative estimate of drug-likeness (QED) is 0.561. The second kappa shape index (κ2) is 6.34. The molecule has 0 unspecified atom stereocenters. The summed E-state index contributed by atoms with van der Waals surface area (Å²) in [4.78, 5) is 41.4. The maximum absolute atomic E-state index is 12.7. The second-order valence-electron chi connectivity index (χ2n) is 6.07. The molecule has 2 heterocycles. The number of fused-ring (bicyclic) bond motifs is 3. The minimum absolute atomic E-state index is 0.0554. The van der Waals surface area contributed by atoms with Crippen LogP contribution >= 0.6 is 11.3 Å². The summed E-state index contributed by atoms with van der Waals surface area (Å²) < 4.78 is 1.30. The van der Waals surface area contributed by atoms with Gasteiger partial charge in [0.1, 0.15) is 11.4 Å². The summed E-state index contributed by atoms with van der Waals surface area (Å²) in [6.07, 6.45) is 4.31. The molecule has 0 fully saturated rings. The van der Waals surface area contributed by atoms with E-state index in [2.05, 4.69) is 10.3 Å². The number of benzene rings is 1. The lowest BCUT2D eigenvalue weighted by atomic mass is 10.2. The maximum atomic E-state index is 12.7. The van der Waals surface area contributed by atoms with Crippen LogP contribution in [0.5, 0.6) is 0 Å². The Morgan fingerprint density at radius 1 is 1.31 bits per heavy atom. The van der Waals surface area contributed by atoms with Gasteiger partial charge in [-0.25, -0.2) is 4.98 Å². The Morgan fingerprint density at radius 2 is 2.08 bits per heavy atom. The standard InChI is InChI=1S/C17H14N4O4S/c22-14(19-10-4-6-11(7-5-10)21(24)25)8-20-9-18-16-15(17(20)23)12-2-1-3-13(12)26-16/h4-7,9H,1-3,8H2,(H,19,22). The summed E-state index contributed by atoms with van der Waals surface area (Å²) >= 11 is 1.55. The molecule has 0 saturated carbocycles. The zero-order valence-corrected chi connectivity index (χ0v) is 14.4. The number of anilines is 1. The summed E-state index contributed by atoms with van der Waals surface area (Å²) in [5.41, 5.74) is 1.25. The first-order valence-corrected chi connectivity index (χ1v) is 8.88. The average molecular weight is 370 g/mol. The first-order valence-electron chi connectivity index (χ1n) is 8.07. The molecular weight excluding hydrogens is 356 g/mol. The number of nitrogens with zero attached hydrogens (tertiary/aromatic N) is 3. The van der Waals surface area contributed by atoms with Crippen LogP contribution in [0.1, 0.15) is 16.9 Å². The van der Waals surface area contributed by atoms with Crippen molar-refractivity contribution in [3.8, 4) is 0 Å². The lowest BCUT2D eigenvalue weighted by Gasteiger charge is -2.07. The van der Waals surface area contributed by atoms with Crippen molar-refractivity contribution in [2.75, 3.05) is 5.32 Å². The molecule has 26 heavy (non-hydrogen) atoms. The fourth-order valence-electron chi connectivity index (χ4n) is 3.15. The van der Waals surface area contributed by atoms with Gasteiger partial charge in [0.05, 0.1) is 16.6 Å². The van der Waals surface area contributed by atoms with Gasteiger partial charge in [0, 0.05) is 22.7 Å². The predicted octanol–water partition coefficient (Wildman–Crippen LogP) is 2.49. The third-order valence-corrected chi connectivity index (χ3v) is 5.57. The van der Waals surface area contributed by atoms with Crippen molar-refractivity contribution in [3.05, 3.63) is 61.5 Å². The summed E-state index contributed by atoms with van der Waals surface area (Å²) in [5.74, 6) is -0.394. The van der Waals surface area contributed by atoms with Crippen LogP contribution in [-0.2, 0) is 24.2 Å². The summed E-state index contributed by atoms with van der Waals surface area (Å²) in [7, 11) is 0. The van der Waals surface area contributed by atoms with E-state index in [0.717, 1.165) is 29.7 Å². The van der Waals surface area contributed by atoms with Crippen LogP contribution in [-0.4, -0.2) is 20.4 Å². The number of amides is 1. The van der Waals surface area contributed by atoms with Crippen molar-refractivity contribution in [1.82, 2.24) is 9.55 Å². The van der Waals surface area contributed by atoms with Gasteiger partial charge in [0.2, 0.25) is 5.91 Å². The van der Waals surface area contributed by atoms with Gasteiger partial charge in [0.15, 0.2) is 0 Å². The normalized spacial score (nSPS) is 12.9. The number of thiophene rings is 1. The zero-order chi connectivity index (χ0) is 18.3. The lowest BCUT2D eigenvalue weighted by Crippen LogP contribution is -2.28. The molecule has 0 aliphatic heterocycles. The van der Waals surface area contributed by atoms with Crippen LogP contribution in [0.25, 0.3) is 10.2 Å². The monoisotopic (exact) mass is 370 g/mol. The number of nitro groups is 1. The van der Waals surface area contributed by atoms with E-state index in [4.69, 9.17) is 0 Å². The zero-order valence-electron chi connectivity index (χ0n) is 13.6. The van der Waals surface area contributed by atoms with Gasteiger partial charge in [-0.2, -0.15) is 0 Å². The van der Waals surface area contributed by atoms with Crippen molar-refractivity contribution >= 4 is 38.8 Å². The van der Waals surface area contributed by atoms with Gasteiger partial charge in [-0.1, -0.05) is 0 Å². The molecule has 3 aromatic rings. The topological polar surface area (TPSA) is 107 Å². The molecule has 1 amide bonds. The molecule has 0 radical (unpaired) electrons. The Hall–Kier alpha value is -3.07. The molecular formula is C17H14N4O4S. The number of nitrogens with one attached hydrogen (secondary N) is 1. The molecule has 1 aliphatic carbocycles. The molecule has 8 nitrogen and oxygen atoms in total. The van der Waals surface area contributed by atoms with Crippen molar-refractivity contribution in [2.24, 2.45) is 0 Å². The number of nitro benzene ring substituents is 1. The second-order valence-corrected chi connectivity index (χ2v) is 7.15. The number of hydrogen-bond donors (Lipinski definition) is 1. The van der Waals surface area contributed by atoms with Gasteiger partial charge in [0.25, 0.3) is 11.2 Å². The molecule has 0 atom stereocenters. The van der Waals surface area contributed by atoms with E-state index in [0.29, 0.717) is 11.1 Å². The Bertz CT molecular complexity index is 1080. The van der Waals surface area contributed by atoms with Gasteiger partial charge >= 0.3 is 0 Å². The van der Waals surface area contributed by atoms with E-state index >= 15 is 0 Å². The number of carbonyl (C=O) groups excluding carboxylic acids is 1. The van der Waals surface area contributed by atoms with Crippen molar-refractivity contribution in [1.29, 1.82) is 0 Å². The third kappa shape index (κ3) is 2.86. The maximum Gasteiger partial charge on any atom is 0.269 e. The molecule has 132 valence electrons. The first kappa shape index (κ1) is 16.4. The van der Waals surface area contributed by atoms with Gasteiger partial charge in [-0.15, -0.1) is 11.3 Å². The molecule has 1 aliphatic rings. The predicted molar refractivity (Wildman–Crippen MR) is 97.6 cm³/mol. The minimum Gasteiger partial charge on any atom is -0.325 e. The summed E-state index contributed by atoms with van der Waals surface area (Å²) in [6, 6.07) is 5.52. The lowest BCUT2D eigenvalue weighted by molar-refractivity contribution is -0.384. The number of aryl methyl sites for hydroxylation is 2. The SMILES string of the molecule is O=C(Cn1cnc2sc3c(c2c1=O)CCC3)Nc1ccc([N+](=O)[O-])cc1. The molecule has 2 aromatic heterocycles. The summed E-state index contributed by atoms with van der Waals surface area (Å²) in [6.45, 7) is -0.163. The minimum atomic E-state index is -0.509. The molecule has 4 rings (SSSR count). The fourth-order valence-corrected chi connectivity index (χ4v) is 4.37. The van der Waals surface area contributed by atoms with Crippen LogP contribution in [0, 0.1) is 10.1 Å². The molecule has 0 saturated heterocycles.